The third kappa shape index (κ3) is 2.27. The third-order valence-corrected chi connectivity index (χ3v) is 6.11. The van der Waals surface area contributed by atoms with Gasteiger partial charge in [-0.1, -0.05) is 12.8 Å². The minimum absolute atomic E-state index is 0.0820. The van der Waals surface area contributed by atoms with Crippen LogP contribution in [0.5, 0.6) is 0 Å². The highest BCUT2D eigenvalue weighted by molar-refractivity contribution is 5.82. The molecule has 3 heterocycles. The molecule has 4 heteroatoms. The Balaban J connectivity index is 1.34. The van der Waals surface area contributed by atoms with E-state index in [9.17, 15) is 4.79 Å². The normalized spacial score (nSPS) is 44.3. The molecule has 1 saturated carbocycles. The number of hydrogen-bond donors (Lipinski definition) is 2. The van der Waals surface area contributed by atoms with Gasteiger partial charge in [-0.2, -0.15) is 0 Å². The van der Waals surface area contributed by atoms with Crippen LogP contribution in [-0.2, 0) is 4.79 Å². The van der Waals surface area contributed by atoms with Gasteiger partial charge in [0.1, 0.15) is 0 Å². The smallest absolute Gasteiger partial charge is 0.237 e. The summed E-state index contributed by atoms with van der Waals surface area (Å²) in [7, 11) is 0. The summed E-state index contributed by atoms with van der Waals surface area (Å²) in [5, 5.41) is 6.96. The van der Waals surface area contributed by atoms with Crippen molar-refractivity contribution in [1.82, 2.24) is 15.5 Å². The number of rotatable bonds is 2. The highest BCUT2D eigenvalue weighted by Crippen LogP contribution is 2.33. The number of nitrogens with zero attached hydrogens (tertiary/aromatic N) is 1. The maximum absolute atomic E-state index is 12.5. The van der Waals surface area contributed by atoms with Crippen molar-refractivity contribution < 1.29 is 4.79 Å². The van der Waals surface area contributed by atoms with Crippen molar-refractivity contribution in [3.8, 4) is 0 Å². The van der Waals surface area contributed by atoms with E-state index in [4.69, 9.17) is 0 Å². The van der Waals surface area contributed by atoms with E-state index in [2.05, 4.69) is 15.5 Å². The number of fused-ring (bicyclic) bond motifs is 2. The second-order valence-corrected chi connectivity index (χ2v) is 7.26. The van der Waals surface area contributed by atoms with Crippen LogP contribution in [0.1, 0.15) is 51.4 Å². The van der Waals surface area contributed by atoms with E-state index < -0.39 is 0 Å². The first-order chi connectivity index (χ1) is 9.81. The minimum atomic E-state index is 0.0820. The molecule has 4 aliphatic rings. The Kier molecular flexibility index (Phi) is 3.47. The lowest BCUT2D eigenvalue weighted by Gasteiger charge is -2.24. The summed E-state index contributed by atoms with van der Waals surface area (Å²) in [5.41, 5.74) is 0. The topological polar surface area (TPSA) is 44.4 Å². The van der Waals surface area contributed by atoms with Gasteiger partial charge in [0.25, 0.3) is 0 Å². The Morgan fingerprint density at radius 2 is 1.95 bits per heavy atom. The molecular weight excluding hydrogens is 250 g/mol. The lowest BCUT2D eigenvalue weighted by molar-refractivity contribution is -0.123. The molecule has 5 unspecified atom stereocenters. The van der Waals surface area contributed by atoms with Gasteiger partial charge in [-0.15, -0.1) is 0 Å². The van der Waals surface area contributed by atoms with E-state index in [-0.39, 0.29) is 11.9 Å². The second kappa shape index (κ2) is 5.30. The molecule has 0 aromatic carbocycles. The lowest BCUT2D eigenvalue weighted by atomic mass is 9.85. The quantitative estimate of drug-likeness (QED) is 0.799. The molecule has 5 atom stereocenters. The summed E-state index contributed by atoms with van der Waals surface area (Å²) in [5.74, 6) is 1.03. The van der Waals surface area contributed by atoms with Gasteiger partial charge in [-0.05, 0) is 51.0 Å². The molecule has 3 aliphatic heterocycles. The Morgan fingerprint density at radius 1 is 1.05 bits per heavy atom. The molecule has 0 radical (unpaired) electrons. The summed E-state index contributed by atoms with van der Waals surface area (Å²) in [6.45, 7) is 2.42. The molecule has 4 nitrogen and oxygen atoms in total. The molecule has 1 aliphatic carbocycles. The van der Waals surface area contributed by atoms with Gasteiger partial charge in [0.15, 0.2) is 0 Å². The zero-order chi connectivity index (χ0) is 13.5. The second-order valence-electron chi connectivity index (χ2n) is 7.26. The van der Waals surface area contributed by atoms with Gasteiger partial charge in [0, 0.05) is 24.7 Å². The first kappa shape index (κ1) is 13.1. The summed E-state index contributed by atoms with van der Waals surface area (Å²) in [6.07, 6.45) is 10.1. The van der Waals surface area contributed by atoms with E-state index in [1.165, 1.54) is 51.6 Å². The Morgan fingerprint density at radius 3 is 2.85 bits per heavy atom. The van der Waals surface area contributed by atoms with E-state index >= 15 is 0 Å². The predicted octanol–water partition coefficient (Wildman–Crippen LogP) is 1.26. The van der Waals surface area contributed by atoms with Crippen LogP contribution in [0.2, 0.25) is 0 Å². The van der Waals surface area contributed by atoms with E-state index in [0.717, 1.165) is 18.8 Å². The fraction of sp³-hybridized carbons (Fsp3) is 0.938. The summed E-state index contributed by atoms with van der Waals surface area (Å²) < 4.78 is 0. The first-order valence-electron chi connectivity index (χ1n) is 8.62. The molecule has 0 bridgehead atoms. The van der Waals surface area contributed by atoms with Crippen LogP contribution < -0.4 is 10.6 Å². The number of nitrogens with one attached hydrogen (secondary N) is 2. The number of carbonyl (C=O) groups is 1. The molecule has 0 aromatic rings. The van der Waals surface area contributed by atoms with Gasteiger partial charge < -0.3 is 10.6 Å². The van der Waals surface area contributed by atoms with Crippen molar-refractivity contribution in [3.05, 3.63) is 0 Å². The SMILES string of the molecule is O=C(NC1CCN2CCCC12)C1CC2CCCCC2N1. The zero-order valence-electron chi connectivity index (χ0n) is 12.3. The molecule has 1 amide bonds. The van der Waals surface area contributed by atoms with Crippen molar-refractivity contribution in [2.45, 2.75) is 75.5 Å². The third-order valence-electron chi connectivity index (χ3n) is 6.11. The first-order valence-corrected chi connectivity index (χ1v) is 8.62. The molecule has 3 saturated heterocycles. The molecule has 4 rings (SSSR count). The number of carbonyl (C=O) groups excluding carboxylic acids is 1. The van der Waals surface area contributed by atoms with Crippen LogP contribution in [-0.4, -0.2) is 48.1 Å². The van der Waals surface area contributed by atoms with Crippen LogP contribution in [0.4, 0.5) is 0 Å². The van der Waals surface area contributed by atoms with Crippen LogP contribution in [0, 0.1) is 5.92 Å². The van der Waals surface area contributed by atoms with Crippen LogP contribution in [0.15, 0.2) is 0 Å². The van der Waals surface area contributed by atoms with Gasteiger partial charge in [-0.3, -0.25) is 9.69 Å². The largest absolute Gasteiger partial charge is 0.350 e. The standard InChI is InChI=1S/C16H27N3O/c20-16(14-10-11-4-1-2-5-12(11)17-14)18-13-7-9-19-8-3-6-15(13)19/h11-15,17H,1-10H2,(H,18,20). The van der Waals surface area contributed by atoms with Crippen LogP contribution in [0.25, 0.3) is 0 Å². The zero-order valence-corrected chi connectivity index (χ0v) is 12.3. The number of amides is 1. The molecule has 20 heavy (non-hydrogen) atoms. The maximum atomic E-state index is 12.5. The van der Waals surface area contributed by atoms with Crippen molar-refractivity contribution in [3.63, 3.8) is 0 Å². The number of hydrogen-bond acceptors (Lipinski definition) is 3. The summed E-state index contributed by atoms with van der Waals surface area (Å²) in [6, 6.07) is 1.74. The fourth-order valence-electron chi connectivity index (χ4n) is 5.06. The van der Waals surface area contributed by atoms with E-state index in [1.807, 2.05) is 0 Å². The molecule has 0 spiro atoms. The molecular formula is C16H27N3O. The summed E-state index contributed by atoms with van der Waals surface area (Å²) >= 11 is 0. The predicted molar refractivity (Wildman–Crippen MR) is 78.4 cm³/mol. The fourth-order valence-corrected chi connectivity index (χ4v) is 5.06. The average molecular weight is 277 g/mol. The minimum Gasteiger partial charge on any atom is -0.350 e. The molecule has 112 valence electrons. The van der Waals surface area contributed by atoms with Crippen LogP contribution >= 0.6 is 0 Å². The molecule has 2 N–H and O–H groups in total. The maximum Gasteiger partial charge on any atom is 0.237 e. The van der Waals surface area contributed by atoms with Crippen molar-refractivity contribution in [1.29, 1.82) is 0 Å². The monoisotopic (exact) mass is 277 g/mol. The van der Waals surface area contributed by atoms with Crippen LogP contribution in [0.3, 0.4) is 0 Å². The van der Waals surface area contributed by atoms with Crippen molar-refractivity contribution in [2.24, 2.45) is 5.92 Å². The van der Waals surface area contributed by atoms with E-state index in [1.54, 1.807) is 0 Å². The highest BCUT2D eigenvalue weighted by Gasteiger charge is 2.41. The summed E-state index contributed by atoms with van der Waals surface area (Å²) in [4.78, 5) is 15.1. The molecule has 4 fully saturated rings. The Labute approximate surface area is 121 Å². The Hall–Kier alpha value is -0.610. The Bertz CT molecular complexity index is 372. The van der Waals surface area contributed by atoms with Crippen molar-refractivity contribution in [2.75, 3.05) is 13.1 Å². The lowest BCUT2D eigenvalue weighted by Crippen LogP contribution is -2.49. The van der Waals surface area contributed by atoms with Gasteiger partial charge >= 0.3 is 0 Å². The van der Waals surface area contributed by atoms with Gasteiger partial charge in [0.05, 0.1) is 6.04 Å². The van der Waals surface area contributed by atoms with Gasteiger partial charge in [-0.25, -0.2) is 0 Å². The molecule has 0 aromatic heterocycles. The van der Waals surface area contributed by atoms with E-state index in [0.29, 0.717) is 18.1 Å². The van der Waals surface area contributed by atoms with Crippen molar-refractivity contribution >= 4 is 5.91 Å². The average Bonchev–Trinajstić information content (AvgIpc) is 3.13. The highest BCUT2D eigenvalue weighted by atomic mass is 16.2. The van der Waals surface area contributed by atoms with Gasteiger partial charge in [0.2, 0.25) is 5.91 Å².